The van der Waals surface area contributed by atoms with E-state index in [1.165, 1.54) is 15.6 Å². The Hall–Kier alpha value is -1.20. The smallest absolute Gasteiger partial charge is 0.263 e. The van der Waals surface area contributed by atoms with Gasteiger partial charge in [-0.05, 0) is 6.42 Å². The molecule has 3 heterocycles. The second-order valence-electron chi connectivity index (χ2n) is 4.73. The normalized spacial score (nSPS) is 21.0. The van der Waals surface area contributed by atoms with Crippen LogP contribution in [0.3, 0.4) is 0 Å². The summed E-state index contributed by atoms with van der Waals surface area (Å²) >= 11 is 1.35. The summed E-state index contributed by atoms with van der Waals surface area (Å²) in [5.74, 6) is 5.59. The first-order valence-corrected chi connectivity index (χ1v) is 8.93. The molecule has 2 aromatic rings. The van der Waals surface area contributed by atoms with Crippen LogP contribution in [0.15, 0.2) is 16.6 Å². The van der Waals surface area contributed by atoms with Crippen LogP contribution in [0.2, 0.25) is 0 Å². The molecular weight excluding hydrogens is 314 g/mol. The van der Waals surface area contributed by atoms with Crippen molar-refractivity contribution in [1.82, 2.24) is 13.7 Å². The Morgan fingerprint density at radius 2 is 2.43 bits per heavy atom. The summed E-state index contributed by atoms with van der Waals surface area (Å²) in [6.45, 7) is 3.05. The van der Waals surface area contributed by atoms with E-state index in [1.54, 1.807) is 16.0 Å². The van der Waals surface area contributed by atoms with Crippen molar-refractivity contribution in [2.45, 2.75) is 24.5 Å². The van der Waals surface area contributed by atoms with Crippen LogP contribution in [0.5, 0.6) is 0 Å². The van der Waals surface area contributed by atoms with Gasteiger partial charge in [0.2, 0.25) is 5.03 Å². The number of sulfonamides is 1. The molecule has 0 radical (unpaired) electrons. The van der Waals surface area contributed by atoms with Gasteiger partial charge in [-0.1, -0.05) is 6.92 Å². The van der Waals surface area contributed by atoms with E-state index < -0.39 is 10.0 Å². The fraction of sp³-hybridized carbons (Fsp3) is 0.545. The summed E-state index contributed by atoms with van der Waals surface area (Å²) in [4.78, 5) is 4.78. The molecule has 3 rings (SSSR count). The molecule has 116 valence electrons. The van der Waals surface area contributed by atoms with Crippen molar-refractivity contribution in [3.63, 3.8) is 0 Å². The van der Waals surface area contributed by atoms with E-state index >= 15 is 0 Å². The van der Waals surface area contributed by atoms with Gasteiger partial charge in [0.15, 0.2) is 10.8 Å². The summed E-state index contributed by atoms with van der Waals surface area (Å²) < 4.78 is 34.4. The Bertz CT molecular complexity index is 738. The molecule has 1 saturated heterocycles. The highest BCUT2D eigenvalue weighted by Crippen LogP contribution is 2.28. The third kappa shape index (κ3) is 2.42. The molecule has 1 unspecified atom stereocenters. The van der Waals surface area contributed by atoms with Crippen molar-refractivity contribution >= 4 is 32.1 Å². The zero-order valence-corrected chi connectivity index (χ0v) is 13.2. The van der Waals surface area contributed by atoms with E-state index in [0.717, 1.165) is 6.42 Å². The van der Waals surface area contributed by atoms with Gasteiger partial charge in [0.05, 0.1) is 12.7 Å². The van der Waals surface area contributed by atoms with E-state index in [0.29, 0.717) is 24.7 Å². The van der Waals surface area contributed by atoms with E-state index in [9.17, 15) is 8.42 Å². The maximum absolute atomic E-state index is 12.9. The molecule has 0 saturated carbocycles. The molecule has 1 aliphatic rings. The van der Waals surface area contributed by atoms with Crippen LogP contribution < -0.4 is 11.3 Å². The van der Waals surface area contributed by atoms with Crippen molar-refractivity contribution in [3.8, 4) is 0 Å². The first-order valence-electron chi connectivity index (χ1n) is 6.61. The second kappa shape index (κ2) is 5.54. The average molecular weight is 331 g/mol. The number of aromatic nitrogens is 2. The molecule has 2 aromatic heterocycles. The molecule has 8 nitrogen and oxygen atoms in total. The first-order chi connectivity index (χ1) is 10.1. The van der Waals surface area contributed by atoms with Crippen LogP contribution in [0.1, 0.15) is 13.3 Å². The summed E-state index contributed by atoms with van der Waals surface area (Å²) in [5, 5.41) is 1.87. The molecule has 0 spiro atoms. The van der Waals surface area contributed by atoms with Gasteiger partial charge in [0.1, 0.15) is 0 Å². The summed E-state index contributed by atoms with van der Waals surface area (Å²) in [6, 6.07) is 0. The van der Waals surface area contributed by atoms with Crippen molar-refractivity contribution in [2.75, 3.05) is 25.1 Å². The largest absolute Gasteiger partial charge is 0.375 e. The molecule has 21 heavy (non-hydrogen) atoms. The predicted octanol–water partition coefficient (Wildman–Crippen LogP) is 0.481. The highest BCUT2D eigenvalue weighted by Gasteiger charge is 2.35. The Labute approximate surface area is 126 Å². The van der Waals surface area contributed by atoms with Crippen molar-refractivity contribution in [1.29, 1.82) is 0 Å². The van der Waals surface area contributed by atoms with Gasteiger partial charge >= 0.3 is 0 Å². The van der Waals surface area contributed by atoms with Gasteiger partial charge in [-0.15, -0.1) is 11.3 Å². The number of rotatable bonds is 4. The predicted molar refractivity (Wildman–Crippen MR) is 79.7 cm³/mol. The number of hydrazine groups is 1. The topological polar surface area (TPSA) is 102 Å². The van der Waals surface area contributed by atoms with Gasteiger partial charge < -0.3 is 10.2 Å². The number of ether oxygens (including phenoxy) is 1. The van der Waals surface area contributed by atoms with Crippen molar-refractivity contribution < 1.29 is 13.2 Å². The molecule has 0 aliphatic carbocycles. The molecule has 0 bridgehead atoms. The van der Waals surface area contributed by atoms with Gasteiger partial charge in [-0.3, -0.25) is 4.40 Å². The number of hydrogen-bond donors (Lipinski definition) is 2. The number of nitrogens with one attached hydrogen (secondary N) is 1. The van der Waals surface area contributed by atoms with Crippen LogP contribution in [0.25, 0.3) is 4.96 Å². The number of imidazole rings is 1. The lowest BCUT2D eigenvalue weighted by Crippen LogP contribution is -2.45. The number of hydrogen-bond acceptors (Lipinski definition) is 7. The lowest BCUT2D eigenvalue weighted by Gasteiger charge is -2.31. The SMILES string of the molecule is CCC1CN(S(=O)(=O)c2c(NN)nc3sccn23)CCO1. The quantitative estimate of drug-likeness (QED) is 0.624. The van der Waals surface area contributed by atoms with Crippen LogP contribution in [-0.2, 0) is 14.8 Å². The van der Waals surface area contributed by atoms with Gasteiger partial charge in [0.25, 0.3) is 10.0 Å². The molecule has 1 atom stereocenters. The maximum atomic E-state index is 12.9. The second-order valence-corrected chi connectivity index (χ2v) is 7.46. The Balaban J connectivity index is 2.05. The zero-order chi connectivity index (χ0) is 15.0. The third-order valence-corrected chi connectivity index (χ3v) is 6.14. The lowest BCUT2D eigenvalue weighted by atomic mass is 10.2. The molecule has 0 amide bonds. The Morgan fingerprint density at radius 3 is 3.14 bits per heavy atom. The van der Waals surface area contributed by atoms with Crippen LogP contribution in [0.4, 0.5) is 5.82 Å². The average Bonchev–Trinajstić information content (AvgIpc) is 3.06. The Morgan fingerprint density at radius 1 is 1.62 bits per heavy atom. The number of morpholine rings is 1. The van der Waals surface area contributed by atoms with E-state index in [1.807, 2.05) is 6.92 Å². The summed E-state index contributed by atoms with van der Waals surface area (Å²) in [6.07, 6.45) is 2.38. The Kier molecular flexibility index (Phi) is 3.88. The number of fused-ring (bicyclic) bond motifs is 1. The number of nitrogens with two attached hydrogens (primary N) is 1. The highest BCUT2D eigenvalue weighted by molar-refractivity contribution is 7.89. The number of anilines is 1. The molecule has 1 fully saturated rings. The van der Waals surface area contributed by atoms with Crippen molar-refractivity contribution in [2.24, 2.45) is 5.84 Å². The fourth-order valence-corrected chi connectivity index (χ4v) is 4.82. The van der Waals surface area contributed by atoms with E-state index in [4.69, 9.17) is 10.6 Å². The van der Waals surface area contributed by atoms with Gasteiger partial charge in [0, 0.05) is 24.7 Å². The minimum Gasteiger partial charge on any atom is -0.375 e. The third-order valence-electron chi connectivity index (χ3n) is 3.50. The number of nitrogen functional groups attached to an aromatic ring is 1. The van der Waals surface area contributed by atoms with Crippen LogP contribution in [0, 0.1) is 0 Å². The van der Waals surface area contributed by atoms with E-state index in [2.05, 4.69) is 10.4 Å². The lowest BCUT2D eigenvalue weighted by molar-refractivity contribution is -0.00284. The standard InChI is InChI=1S/C11H17N5O3S2/c1-2-8-7-15(3-5-19-8)21(17,18)10-9(14-12)13-11-16(10)4-6-20-11/h4,6,8,14H,2-3,5,7,12H2,1H3. The number of thiazole rings is 1. The fourth-order valence-electron chi connectivity index (χ4n) is 2.39. The summed E-state index contributed by atoms with van der Waals surface area (Å²) in [5.41, 5.74) is 2.38. The summed E-state index contributed by atoms with van der Waals surface area (Å²) in [7, 11) is -3.68. The molecule has 0 aromatic carbocycles. The van der Waals surface area contributed by atoms with Crippen molar-refractivity contribution in [3.05, 3.63) is 11.6 Å². The van der Waals surface area contributed by atoms with Crippen LogP contribution in [-0.4, -0.2) is 47.9 Å². The van der Waals surface area contributed by atoms with Crippen LogP contribution >= 0.6 is 11.3 Å². The molecule has 3 N–H and O–H groups in total. The minimum atomic E-state index is -3.68. The highest BCUT2D eigenvalue weighted by atomic mass is 32.2. The minimum absolute atomic E-state index is 0.0753. The van der Waals surface area contributed by atoms with Gasteiger partial charge in [-0.25, -0.2) is 14.3 Å². The first kappa shape index (κ1) is 14.7. The number of nitrogens with zero attached hydrogens (tertiary/aromatic N) is 3. The van der Waals surface area contributed by atoms with E-state index in [-0.39, 0.29) is 16.9 Å². The molecule has 10 heteroatoms. The molecule has 1 aliphatic heterocycles. The molecular formula is C11H17N5O3S2. The monoisotopic (exact) mass is 331 g/mol. The zero-order valence-electron chi connectivity index (χ0n) is 11.5. The maximum Gasteiger partial charge on any atom is 0.263 e. The van der Waals surface area contributed by atoms with Gasteiger partial charge in [-0.2, -0.15) is 9.29 Å².